The van der Waals surface area contributed by atoms with Gasteiger partial charge in [0.05, 0.1) is 23.6 Å². The first kappa shape index (κ1) is 18.0. The molecule has 2 atom stereocenters. The first-order valence-corrected chi connectivity index (χ1v) is 10.8. The van der Waals surface area contributed by atoms with E-state index in [4.69, 9.17) is 5.26 Å². The lowest BCUT2D eigenvalue weighted by atomic mass is 9.99. The molecule has 0 saturated carbocycles. The minimum atomic E-state index is -3.10. The van der Waals surface area contributed by atoms with Gasteiger partial charge >= 0.3 is 0 Å². The second-order valence-corrected chi connectivity index (χ2v) is 9.87. The van der Waals surface area contributed by atoms with Gasteiger partial charge in [-0.1, -0.05) is 43.8 Å². The Balaban J connectivity index is 2.08. The van der Waals surface area contributed by atoms with Crippen LogP contribution in [-0.4, -0.2) is 42.3 Å². The molecule has 6 nitrogen and oxygen atoms in total. The van der Waals surface area contributed by atoms with E-state index < -0.39 is 15.7 Å². The third-order valence-corrected chi connectivity index (χ3v) is 7.55. The zero-order valence-corrected chi connectivity index (χ0v) is 15.7. The van der Waals surface area contributed by atoms with Gasteiger partial charge in [0.15, 0.2) is 15.0 Å². The molecule has 0 aliphatic carbocycles. The maximum atomic E-state index is 12.1. The minimum Gasteiger partial charge on any atom is -0.315 e. The maximum Gasteiger partial charge on any atom is 0.262 e. The van der Waals surface area contributed by atoms with Crippen LogP contribution in [-0.2, 0) is 14.6 Å². The van der Waals surface area contributed by atoms with E-state index in [-0.39, 0.29) is 35.1 Å². The Bertz CT molecular complexity index is 871. The van der Waals surface area contributed by atoms with E-state index in [0.717, 1.165) is 11.3 Å². The van der Waals surface area contributed by atoms with Gasteiger partial charge in [-0.05, 0) is 17.5 Å². The zero-order chi connectivity index (χ0) is 18.2. The molecule has 0 unspecified atom stereocenters. The van der Waals surface area contributed by atoms with Gasteiger partial charge in [0.25, 0.3) is 5.91 Å². The van der Waals surface area contributed by atoms with Crippen molar-refractivity contribution >= 4 is 38.4 Å². The predicted molar refractivity (Wildman–Crippen MR) is 99.5 cm³/mol. The van der Waals surface area contributed by atoms with Crippen LogP contribution in [0.2, 0.25) is 0 Å². The van der Waals surface area contributed by atoms with Crippen molar-refractivity contribution in [1.82, 2.24) is 0 Å². The summed E-state index contributed by atoms with van der Waals surface area (Å²) >= 11 is 1.33. The molecule has 2 aliphatic heterocycles. The number of fused-ring (bicyclic) bond motifs is 1. The van der Waals surface area contributed by atoms with Gasteiger partial charge in [-0.25, -0.2) is 8.42 Å². The van der Waals surface area contributed by atoms with E-state index in [1.165, 1.54) is 11.8 Å². The average molecular weight is 377 g/mol. The number of carbonyl (C=O) groups excluding carboxylic acids is 1. The molecule has 2 aliphatic rings. The summed E-state index contributed by atoms with van der Waals surface area (Å²) in [6, 6.07) is 9.37. The van der Waals surface area contributed by atoms with Gasteiger partial charge in [-0.3, -0.25) is 4.79 Å². The molecule has 1 amide bonds. The molecular weight excluding hydrogens is 358 g/mol. The van der Waals surface area contributed by atoms with E-state index in [1.54, 1.807) is 0 Å². The van der Waals surface area contributed by atoms with Gasteiger partial charge in [0.1, 0.15) is 6.42 Å². The van der Waals surface area contributed by atoms with Crippen molar-refractivity contribution < 1.29 is 13.2 Å². The molecule has 1 aromatic rings. The smallest absolute Gasteiger partial charge is 0.262 e. The third-order valence-electron chi connectivity index (χ3n) is 4.34. The highest BCUT2D eigenvalue weighted by Crippen LogP contribution is 2.43. The fourth-order valence-corrected chi connectivity index (χ4v) is 7.18. The average Bonchev–Trinajstić information content (AvgIpc) is 2.98. The van der Waals surface area contributed by atoms with Gasteiger partial charge in [-0.15, -0.1) is 0 Å². The molecule has 0 bridgehead atoms. The first-order chi connectivity index (χ1) is 11.8. The minimum absolute atomic E-state index is 0.0581. The summed E-state index contributed by atoms with van der Waals surface area (Å²) in [4.78, 5) is 17.9. The monoisotopic (exact) mass is 377 g/mol. The number of sulfone groups is 1. The number of hydrogen-bond acceptors (Lipinski definition) is 5. The lowest BCUT2D eigenvalue weighted by molar-refractivity contribution is -0.116. The molecule has 0 N–H and O–H groups in total. The Morgan fingerprint density at radius 2 is 2.12 bits per heavy atom. The molecule has 2 heterocycles. The SMILES string of the molecule is CC(C)c1ccccc1N1C(=NC(=O)CC#N)S[C@@H]2CS(=O)(=O)C[C@@H]21. The second kappa shape index (κ2) is 6.81. The third kappa shape index (κ3) is 3.58. The summed E-state index contributed by atoms with van der Waals surface area (Å²) < 4.78 is 24.2. The predicted octanol–water partition coefficient (Wildman–Crippen LogP) is 2.33. The number of nitriles is 1. The number of amidine groups is 1. The summed E-state index contributed by atoms with van der Waals surface area (Å²) in [6.45, 7) is 4.14. The highest BCUT2D eigenvalue weighted by Gasteiger charge is 2.49. The van der Waals surface area contributed by atoms with E-state index in [0.29, 0.717) is 5.17 Å². The lowest BCUT2D eigenvalue weighted by Crippen LogP contribution is -2.38. The molecule has 0 aromatic heterocycles. The number of amides is 1. The van der Waals surface area contributed by atoms with Crippen molar-refractivity contribution in [2.75, 3.05) is 16.4 Å². The van der Waals surface area contributed by atoms with E-state index in [1.807, 2.05) is 35.2 Å². The highest BCUT2D eigenvalue weighted by atomic mass is 32.2. The van der Waals surface area contributed by atoms with Crippen LogP contribution in [0.25, 0.3) is 0 Å². The van der Waals surface area contributed by atoms with E-state index >= 15 is 0 Å². The van der Waals surface area contributed by atoms with Crippen LogP contribution in [0.15, 0.2) is 29.3 Å². The standard InChI is InChI=1S/C17H19N3O3S2/c1-11(2)12-5-3-4-6-13(12)20-14-9-25(22,23)10-15(14)24-17(20)19-16(21)7-8-18/h3-6,11,14-15H,7,9-10H2,1-2H3/t14-,15+/m0/s1. The molecule has 2 fully saturated rings. The first-order valence-electron chi connectivity index (χ1n) is 8.06. The molecular formula is C17H19N3O3S2. The number of benzene rings is 1. The highest BCUT2D eigenvalue weighted by molar-refractivity contribution is 8.16. The summed E-state index contributed by atoms with van der Waals surface area (Å²) in [6.07, 6.45) is -0.280. The van der Waals surface area contributed by atoms with Crippen LogP contribution in [0.4, 0.5) is 5.69 Å². The maximum absolute atomic E-state index is 12.1. The number of thioether (sulfide) groups is 1. The summed E-state index contributed by atoms with van der Waals surface area (Å²) in [7, 11) is -3.10. The van der Waals surface area contributed by atoms with Crippen molar-refractivity contribution in [1.29, 1.82) is 5.26 Å². The summed E-state index contributed by atoms with van der Waals surface area (Å²) in [5.41, 5.74) is 1.96. The Morgan fingerprint density at radius 1 is 1.40 bits per heavy atom. The van der Waals surface area contributed by atoms with Crippen molar-refractivity contribution in [2.45, 2.75) is 37.5 Å². The Hall–Kier alpha value is -1.85. The van der Waals surface area contributed by atoms with Crippen LogP contribution < -0.4 is 4.90 Å². The summed E-state index contributed by atoms with van der Waals surface area (Å²) in [5.74, 6) is -0.106. The van der Waals surface area contributed by atoms with Gasteiger partial charge in [0, 0.05) is 10.9 Å². The van der Waals surface area contributed by atoms with Crippen molar-refractivity contribution in [3.63, 3.8) is 0 Å². The molecule has 0 radical (unpaired) electrons. The van der Waals surface area contributed by atoms with Gasteiger partial charge < -0.3 is 4.90 Å². The van der Waals surface area contributed by atoms with Crippen LogP contribution >= 0.6 is 11.8 Å². The topological polar surface area (TPSA) is 90.6 Å². The fraction of sp³-hybridized carbons (Fsp3) is 0.471. The zero-order valence-electron chi connectivity index (χ0n) is 14.0. The molecule has 3 rings (SSSR count). The number of carbonyl (C=O) groups is 1. The van der Waals surface area contributed by atoms with Crippen LogP contribution in [0.5, 0.6) is 0 Å². The van der Waals surface area contributed by atoms with Crippen molar-refractivity contribution in [2.24, 2.45) is 4.99 Å². The van der Waals surface area contributed by atoms with Crippen molar-refractivity contribution in [3.05, 3.63) is 29.8 Å². The quantitative estimate of drug-likeness (QED) is 0.803. The number of para-hydroxylation sites is 1. The van der Waals surface area contributed by atoms with Crippen LogP contribution in [0.3, 0.4) is 0 Å². The molecule has 1 aromatic carbocycles. The second-order valence-electron chi connectivity index (χ2n) is 6.51. The van der Waals surface area contributed by atoms with Crippen molar-refractivity contribution in [3.8, 4) is 6.07 Å². The van der Waals surface area contributed by atoms with Gasteiger partial charge in [0.2, 0.25) is 0 Å². The number of nitrogens with zero attached hydrogens (tertiary/aromatic N) is 3. The van der Waals surface area contributed by atoms with Crippen LogP contribution in [0, 0.1) is 11.3 Å². The molecule has 132 valence electrons. The largest absolute Gasteiger partial charge is 0.315 e. The fourth-order valence-electron chi connectivity index (χ4n) is 3.26. The molecule has 2 saturated heterocycles. The molecule has 8 heteroatoms. The molecule has 25 heavy (non-hydrogen) atoms. The van der Waals surface area contributed by atoms with E-state index in [2.05, 4.69) is 18.8 Å². The number of anilines is 1. The lowest BCUT2D eigenvalue weighted by Gasteiger charge is -2.28. The number of aliphatic imine (C=N–C) groups is 1. The van der Waals surface area contributed by atoms with Gasteiger partial charge in [-0.2, -0.15) is 10.3 Å². The summed E-state index contributed by atoms with van der Waals surface area (Å²) in [5, 5.41) is 9.06. The number of hydrogen-bond donors (Lipinski definition) is 0. The molecule has 0 spiro atoms. The number of rotatable bonds is 3. The normalized spacial score (nSPS) is 26.0. The Labute approximate surface area is 151 Å². The Morgan fingerprint density at radius 3 is 2.80 bits per heavy atom. The van der Waals surface area contributed by atoms with E-state index in [9.17, 15) is 13.2 Å². The Kier molecular flexibility index (Phi) is 4.89. The van der Waals surface area contributed by atoms with Crippen LogP contribution in [0.1, 0.15) is 31.7 Å².